The third-order valence-corrected chi connectivity index (χ3v) is 3.28. The lowest BCUT2D eigenvalue weighted by Gasteiger charge is -2.34. The van der Waals surface area contributed by atoms with Crippen molar-refractivity contribution in [1.82, 2.24) is 15.5 Å². The summed E-state index contributed by atoms with van der Waals surface area (Å²) in [5.41, 5.74) is -0.155. The van der Waals surface area contributed by atoms with E-state index in [0.717, 1.165) is 19.4 Å². The Morgan fingerprint density at radius 3 is 2.94 bits per heavy atom. The molecule has 1 saturated heterocycles. The van der Waals surface area contributed by atoms with Gasteiger partial charge in [-0.15, -0.1) is 10.2 Å². The Morgan fingerprint density at radius 1 is 1.50 bits per heavy atom. The van der Waals surface area contributed by atoms with E-state index < -0.39 is 0 Å². The van der Waals surface area contributed by atoms with Gasteiger partial charge in [-0.3, -0.25) is 4.79 Å². The molecule has 1 atom stereocenters. The summed E-state index contributed by atoms with van der Waals surface area (Å²) >= 11 is 11.5. The van der Waals surface area contributed by atoms with Crippen LogP contribution in [0.3, 0.4) is 0 Å². The standard InChI is InChI=1S/C11H13Cl2N3O2/c1-11(3-2-4-18-6-11)14-10(17)7-5-8(12)15-16-9(7)13/h5H,2-4,6H2,1H3,(H,14,17). The quantitative estimate of drug-likeness (QED) is 0.905. The molecule has 1 aromatic rings. The largest absolute Gasteiger partial charge is 0.379 e. The molecular weight excluding hydrogens is 277 g/mol. The smallest absolute Gasteiger partial charge is 0.255 e. The number of ether oxygens (including phenoxy) is 1. The summed E-state index contributed by atoms with van der Waals surface area (Å²) in [6, 6.07) is 1.40. The molecule has 1 aromatic heterocycles. The summed E-state index contributed by atoms with van der Waals surface area (Å²) in [5, 5.41) is 10.2. The molecular formula is C11H13Cl2N3O2. The Kier molecular flexibility index (Phi) is 4.04. The van der Waals surface area contributed by atoms with Gasteiger partial charge in [-0.2, -0.15) is 0 Å². The van der Waals surface area contributed by atoms with Crippen LogP contribution >= 0.6 is 23.2 Å². The van der Waals surface area contributed by atoms with E-state index in [-0.39, 0.29) is 27.3 Å². The summed E-state index contributed by atoms with van der Waals surface area (Å²) in [5.74, 6) is -0.315. The fourth-order valence-corrected chi connectivity index (χ4v) is 2.21. The first-order valence-corrected chi connectivity index (χ1v) is 6.35. The van der Waals surface area contributed by atoms with Crippen molar-refractivity contribution in [2.75, 3.05) is 13.2 Å². The maximum Gasteiger partial charge on any atom is 0.255 e. The Hall–Kier alpha value is -0.910. The van der Waals surface area contributed by atoms with E-state index in [1.165, 1.54) is 6.07 Å². The number of hydrogen-bond acceptors (Lipinski definition) is 4. The molecule has 1 aliphatic heterocycles. The molecule has 0 bridgehead atoms. The fraction of sp³-hybridized carbons (Fsp3) is 0.545. The van der Waals surface area contributed by atoms with E-state index in [2.05, 4.69) is 15.5 Å². The second kappa shape index (κ2) is 5.38. The minimum atomic E-state index is -0.381. The van der Waals surface area contributed by atoms with Gasteiger partial charge in [0, 0.05) is 6.61 Å². The zero-order valence-corrected chi connectivity index (χ0v) is 11.4. The molecule has 1 fully saturated rings. The van der Waals surface area contributed by atoms with Gasteiger partial charge in [0.1, 0.15) is 0 Å². The van der Waals surface area contributed by atoms with Crippen LogP contribution in [0.4, 0.5) is 0 Å². The molecule has 1 amide bonds. The van der Waals surface area contributed by atoms with Crippen LogP contribution in [-0.4, -0.2) is 34.9 Å². The lowest BCUT2D eigenvalue weighted by molar-refractivity contribution is 0.0272. The summed E-state index contributed by atoms with van der Waals surface area (Å²) < 4.78 is 5.37. The van der Waals surface area contributed by atoms with Gasteiger partial charge in [0.15, 0.2) is 10.3 Å². The number of rotatable bonds is 2. The van der Waals surface area contributed by atoms with E-state index in [0.29, 0.717) is 6.61 Å². The molecule has 2 rings (SSSR count). The van der Waals surface area contributed by atoms with Crippen LogP contribution in [-0.2, 0) is 4.74 Å². The van der Waals surface area contributed by atoms with Crippen LogP contribution < -0.4 is 5.32 Å². The number of aromatic nitrogens is 2. The van der Waals surface area contributed by atoms with Crippen LogP contribution in [0.15, 0.2) is 6.07 Å². The Morgan fingerprint density at radius 2 is 2.28 bits per heavy atom. The van der Waals surface area contributed by atoms with E-state index >= 15 is 0 Å². The van der Waals surface area contributed by atoms with Crippen LogP contribution in [0.2, 0.25) is 10.3 Å². The summed E-state index contributed by atoms with van der Waals surface area (Å²) in [6.45, 7) is 3.16. The molecule has 0 aliphatic carbocycles. The molecule has 5 nitrogen and oxygen atoms in total. The molecule has 0 aromatic carbocycles. The molecule has 18 heavy (non-hydrogen) atoms. The van der Waals surface area contributed by atoms with Crippen molar-refractivity contribution in [3.05, 3.63) is 21.9 Å². The minimum Gasteiger partial charge on any atom is -0.379 e. The lowest BCUT2D eigenvalue weighted by Crippen LogP contribution is -2.51. The van der Waals surface area contributed by atoms with E-state index in [1.54, 1.807) is 0 Å². The highest BCUT2D eigenvalue weighted by Gasteiger charge is 2.30. The Bertz CT molecular complexity index is 462. The topological polar surface area (TPSA) is 64.1 Å². The number of hydrogen-bond donors (Lipinski definition) is 1. The SMILES string of the molecule is CC1(NC(=O)c2cc(Cl)nnc2Cl)CCCOC1. The molecule has 7 heteroatoms. The predicted molar refractivity (Wildman–Crippen MR) is 68.0 cm³/mol. The Labute approximate surface area is 115 Å². The van der Waals surface area contributed by atoms with Crippen molar-refractivity contribution in [2.45, 2.75) is 25.3 Å². The maximum atomic E-state index is 12.1. The zero-order valence-electron chi connectivity index (χ0n) is 9.87. The highest BCUT2D eigenvalue weighted by atomic mass is 35.5. The van der Waals surface area contributed by atoms with E-state index in [1.807, 2.05) is 6.92 Å². The van der Waals surface area contributed by atoms with Crippen LogP contribution in [0.5, 0.6) is 0 Å². The highest BCUT2D eigenvalue weighted by molar-refractivity contribution is 6.34. The van der Waals surface area contributed by atoms with Crippen molar-refractivity contribution in [1.29, 1.82) is 0 Å². The van der Waals surface area contributed by atoms with Crippen LogP contribution in [0.1, 0.15) is 30.1 Å². The highest BCUT2D eigenvalue weighted by Crippen LogP contribution is 2.21. The van der Waals surface area contributed by atoms with Crippen LogP contribution in [0.25, 0.3) is 0 Å². The molecule has 0 saturated carbocycles. The molecule has 0 radical (unpaired) electrons. The summed E-state index contributed by atoms with van der Waals surface area (Å²) in [7, 11) is 0. The van der Waals surface area contributed by atoms with Gasteiger partial charge in [0.25, 0.3) is 5.91 Å². The van der Waals surface area contributed by atoms with Crippen molar-refractivity contribution in [3.8, 4) is 0 Å². The lowest BCUT2D eigenvalue weighted by atomic mass is 9.94. The average molecular weight is 290 g/mol. The number of carbonyl (C=O) groups is 1. The molecule has 98 valence electrons. The third kappa shape index (κ3) is 3.10. The fourth-order valence-electron chi connectivity index (χ4n) is 1.89. The van der Waals surface area contributed by atoms with Crippen molar-refractivity contribution >= 4 is 29.1 Å². The van der Waals surface area contributed by atoms with Gasteiger partial charge < -0.3 is 10.1 Å². The minimum absolute atomic E-state index is 0.0391. The first kappa shape index (κ1) is 13.5. The Balaban J connectivity index is 2.14. The van der Waals surface area contributed by atoms with Crippen LogP contribution in [0, 0.1) is 0 Å². The molecule has 0 spiro atoms. The third-order valence-electron chi connectivity index (χ3n) is 2.82. The monoisotopic (exact) mass is 289 g/mol. The molecule has 1 aliphatic rings. The van der Waals surface area contributed by atoms with E-state index in [4.69, 9.17) is 27.9 Å². The van der Waals surface area contributed by atoms with Crippen molar-refractivity contribution < 1.29 is 9.53 Å². The number of amides is 1. The van der Waals surface area contributed by atoms with Gasteiger partial charge in [0.05, 0.1) is 17.7 Å². The first-order valence-electron chi connectivity index (χ1n) is 5.59. The van der Waals surface area contributed by atoms with Gasteiger partial charge in [-0.05, 0) is 25.8 Å². The predicted octanol–water partition coefficient (Wildman–Crippen LogP) is 2.08. The zero-order chi connectivity index (χ0) is 13.2. The molecule has 2 heterocycles. The van der Waals surface area contributed by atoms with Crippen molar-refractivity contribution in [3.63, 3.8) is 0 Å². The second-order valence-corrected chi connectivity index (χ2v) is 5.29. The number of nitrogens with one attached hydrogen (secondary N) is 1. The van der Waals surface area contributed by atoms with Gasteiger partial charge >= 0.3 is 0 Å². The number of carbonyl (C=O) groups excluding carboxylic acids is 1. The normalized spacial score (nSPS) is 23.7. The van der Waals surface area contributed by atoms with Gasteiger partial charge in [-0.1, -0.05) is 23.2 Å². The number of nitrogens with zero attached hydrogens (tertiary/aromatic N) is 2. The number of halogens is 2. The summed E-state index contributed by atoms with van der Waals surface area (Å²) in [6.07, 6.45) is 1.78. The first-order chi connectivity index (χ1) is 8.50. The van der Waals surface area contributed by atoms with Crippen molar-refractivity contribution in [2.24, 2.45) is 0 Å². The second-order valence-electron chi connectivity index (χ2n) is 4.54. The average Bonchev–Trinajstić information content (AvgIpc) is 2.32. The molecule has 1 N–H and O–H groups in total. The van der Waals surface area contributed by atoms with Gasteiger partial charge in [0.2, 0.25) is 0 Å². The molecule has 1 unspecified atom stereocenters. The van der Waals surface area contributed by atoms with E-state index in [9.17, 15) is 4.79 Å². The summed E-state index contributed by atoms with van der Waals surface area (Å²) in [4.78, 5) is 12.1. The maximum absolute atomic E-state index is 12.1. The van der Waals surface area contributed by atoms with Gasteiger partial charge in [-0.25, -0.2) is 0 Å².